The number of likely N-dealkylation sites (tertiary alicyclic amines) is 1. The fraction of sp³-hybridized carbons (Fsp3) is 0.588. The maximum Gasteiger partial charge on any atom is 0.270 e. The Labute approximate surface area is 141 Å². The Morgan fingerprint density at radius 3 is 2.83 bits per heavy atom. The Balaban J connectivity index is 1.53. The maximum atomic E-state index is 12.7. The Hall–Kier alpha value is -1.99. The highest BCUT2D eigenvalue weighted by Crippen LogP contribution is 2.19. The van der Waals surface area contributed by atoms with E-state index in [2.05, 4.69) is 20.3 Å². The quantitative estimate of drug-likeness (QED) is 0.907. The van der Waals surface area contributed by atoms with Gasteiger partial charge in [0.25, 0.3) is 5.91 Å². The molecule has 0 aliphatic carbocycles. The molecule has 2 aromatic heterocycles. The number of aryl methyl sites for hydroxylation is 2. The second-order valence-electron chi connectivity index (χ2n) is 6.77. The number of carbonyl (C=O) groups is 1. The number of nitrogens with one attached hydrogen (secondary N) is 1. The Kier molecular flexibility index (Phi) is 3.97. The van der Waals surface area contributed by atoms with Gasteiger partial charge in [-0.2, -0.15) is 5.10 Å². The molecule has 2 aromatic rings. The van der Waals surface area contributed by atoms with Gasteiger partial charge in [0.2, 0.25) is 0 Å². The van der Waals surface area contributed by atoms with Gasteiger partial charge in [-0.15, -0.1) is 0 Å². The van der Waals surface area contributed by atoms with Crippen LogP contribution in [0.4, 0.5) is 0 Å². The monoisotopic (exact) mass is 329 g/mol. The van der Waals surface area contributed by atoms with Gasteiger partial charge >= 0.3 is 0 Å². The van der Waals surface area contributed by atoms with Crippen molar-refractivity contribution in [1.29, 1.82) is 0 Å². The van der Waals surface area contributed by atoms with Crippen molar-refractivity contribution in [3.05, 3.63) is 29.2 Å². The summed E-state index contributed by atoms with van der Waals surface area (Å²) in [5.41, 5.74) is 2.93. The van der Waals surface area contributed by atoms with E-state index in [1.807, 2.05) is 19.9 Å². The average molecular weight is 329 g/mol. The second-order valence-corrected chi connectivity index (χ2v) is 6.77. The fourth-order valence-corrected chi connectivity index (χ4v) is 3.71. The maximum absolute atomic E-state index is 12.7. The van der Waals surface area contributed by atoms with Crippen molar-refractivity contribution >= 4 is 11.6 Å². The van der Waals surface area contributed by atoms with Gasteiger partial charge in [-0.3, -0.25) is 9.69 Å². The lowest BCUT2D eigenvalue weighted by Gasteiger charge is -2.27. The predicted octanol–water partition coefficient (Wildman–Crippen LogP) is 0.939. The summed E-state index contributed by atoms with van der Waals surface area (Å²) in [7, 11) is 0. The van der Waals surface area contributed by atoms with Crippen LogP contribution in [0.5, 0.6) is 0 Å². The van der Waals surface area contributed by atoms with E-state index in [-0.39, 0.29) is 18.0 Å². The molecule has 24 heavy (non-hydrogen) atoms. The first kappa shape index (κ1) is 15.5. The molecule has 0 bridgehead atoms. The van der Waals surface area contributed by atoms with Crippen molar-refractivity contribution in [1.82, 2.24) is 24.8 Å². The van der Waals surface area contributed by atoms with Gasteiger partial charge in [0, 0.05) is 11.8 Å². The van der Waals surface area contributed by atoms with Crippen LogP contribution in [0.25, 0.3) is 5.65 Å². The summed E-state index contributed by atoms with van der Waals surface area (Å²) < 4.78 is 7.39. The van der Waals surface area contributed by atoms with Crippen LogP contribution in [0, 0.1) is 13.8 Å². The highest BCUT2D eigenvalue weighted by atomic mass is 16.5. The molecular weight excluding hydrogens is 306 g/mol. The molecule has 0 unspecified atom stereocenters. The molecule has 1 amide bonds. The van der Waals surface area contributed by atoms with Crippen LogP contribution in [-0.4, -0.2) is 63.8 Å². The standard InChI is InChI=1S/C17H23N5O2/c1-11-7-16-18-13(8-12(2)22(16)20-11)17(23)19-14-9-24-10-15(14)21-5-3-4-6-21/h7-8,14-15H,3-6,9-10H2,1-2H3,(H,19,23)/t14-,15-/m1/s1. The van der Waals surface area contributed by atoms with E-state index in [0.29, 0.717) is 24.6 Å². The molecule has 0 aromatic carbocycles. The SMILES string of the molecule is Cc1cc2nc(C(=O)N[C@@H]3COC[C@H]3N3CCCC3)cc(C)n2n1. The Bertz CT molecular complexity index is 766. The van der Waals surface area contributed by atoms with E-state index in [4.69, 9.17) is 4.74 Å². The number of fused-ring (bicyclic) bond motifs is 1. The first-order chi connectivity index (χ1) is 11.6. The summed E-state index contributed by atoms with van der Waals surface area (Å²) in [6.45, 7) is 7.31. The number of aromatic nitrogens is 3. The zero-order valence-electron chi connectivity index (χ0n) is 14.2. The van der Waals surface area contributed by atoms with E-state index in [0.717, 1.165) is 24.5 Å². The van der Waals surface area contributed by atoms with Crippen LogP contribution in [0.15, 0.2) is 12.1 Å². The van der Waals surface area contributed by atoms with Crippen LogP contribution < -0.4 is 5.32 Å². The molecule has 2 atom stereocenters. The van der Waals surface area contributed by atoms with Crippen LogP contribution >= 0.6 is 0 Å². The number of hydrogen-bond donors (Lipinski definition) is 1. The molecule has 128 valence electrons. The summed E-state index contributed by atoms with van der Waals surface area (Å²) in [5, 5.41) is 7.50. The lowest BCUT2D eigenvalue weighted by molar-refractivity contribution is 0.0911. The highest BCUT2D eigenvalue weighted by Gasteiger charge is 2.35. The van der Waals surface area contributed by atoms with Gasteiger partial charge in [-0.1, -0.05) is 0 Å². The van der Waals surface area contributed by atoms with Gasteiger partial charge in [0.1, 0.15) is 5.69 Å². The van der Waals surface area contributed by atoms with Gasteiger partial charge in [0.05, 0.1) is 31.0 Å². The van der Waals surface area contributed by atoms with Gasteiger partial charge < -0.3 is 10.1 Å². The predicted molar refractivity (Wildman–Crippen MR) is 89.1 cm³/mol. The molecule has 4 heterocycles. The van der Waals surface area contributed by atoms with Crippen molar-refractivity contribution in [2.45, 2.75) is 38.8 Å². The summed E-state index contributed by atoms with van der Waals surface area (Å²) in [5.74, 6) is -0.140. The van der Waals surface area contributed by atoms with Gasteiger partial charge in [-0.05, 0) is 45.8 Å². The minimum atomic E-state index is -0.140. The molecule has 1 N–H and O–H groups in total. The second kappa shape index (κ2) is 6.14. The first-order valence-corrected chi connectivity index (χ1v) is 8.58. The molecule has 0 radical (unpaired) electrons. The van der Waals surface area contributed by atoms with Gasteiger partial charge in [0.15, 0.2) is 5.65 Å². The van der Waals surface area contributed by atoms with Crippen molar-refractivity contribution in [3.8, 4) is 0 Å². The summed E-state index contributed by atoms with van der Waals surface area (Å²) in [4.78, 5) is 19.6. The van der Waals surface area contributed by atoms with E-state index < -0.39 is 0 Å². The zero-order chi connectivity index (χ0) is 16.7. The van der Waals surface area contributed by atoms with Crippen molar-refractivity contribution < 1.29 is 9.53 Å². The number of rotatable bonds is 3. The fourth-order valence-electron chi connectivity index (χ4n) is 3.71. The number of amides is 1. The minimum Gasteiger partial charge on any atom is -0.378 e. The van der Waals surface area contributed by atoms with Crippen molar-refractivity contribution in [2.24, 2.45) is 0 Å². The van der Waals surface area contributed by atoms with E-state index >= 15 is 0 Å². The molecule has 2 fully saturated rings. The van der Waals surface area contributed by atoms with E-state index in [1.165, 1.54) is 12.8 Å². The average Bonchev–Trinajstić information content (AvgIpc) is 3.25. The smallest absolute Gasteiger partial charge is 0.270 e. The first-order valence-electron chi connectivity index (χ1n) is 8.58. The lowest BCUT2D eigenvalue weighted by atomic mass is 10.1. The molecule has 4 rings (SSSR count). The summed E-state index contributed by atoms with van der Waals surface area (Å²) in [6, 6.07) is 3.98. The number of nitrogens with zero attached hydrogens (tertiary/aromatic N) is 4. The lowest BCUT2D eigenvalue weighted by Crippen LogP contribution is -2.50. The summed E-state index contributed by atoms with van der Waals surface area (Å²) >= 11 is 0. The normalized spacial score (nSPS) is 24.8. The van der Waals surface area contributed by atoms with Crippen molar-refractivity contribution in [2.75, 3.05) is 26.3 Å². The highest BCUT2D eigenvalue weighted by molar-refractivity contribution is 5.93. The number of hydrogen-bond acceptors (Lipinski definition) is 5. The number of carbonyl (C=O) groups excluding carboxylic acids is 1. The Morgan fingerprint density at radius 2 is 2.04 bits per heavy atom. The summed E-state index contributed by atoms with van der Waals surface area (Å²) in [6.07, 6.45) is 2.46. The van der Waals surface area contributed by atoms with Crippen LogP contribution in [0.3, 0.4) is 0 Å². The minimum absolute atomic E-state index is 0.0283. The van der Waals surface area contributed by atoms with Crippen LogP contribution in [0.1, 0.15) is 34.7 Å². The number of ether oxygens (including phenoxy) is 1. The molecule has 7 nitrogen and oxygen atoms in total. The zero-order valence-corrected chi connectivity index (χ0v) is 14.2. The van der Waals surface area contributed by atoms with E-state index in [1.54, 1.807) is 10.6 Å². The van der Waals surface area contributed by atoms with Crippen LogP contribution in [0.2, 0.25) is 0 Å². The third-order valence-electron chi connectivity index (χ3n) is 4.94. The third kappa shape index (κ3) is 2.78. The molecule has 2 aliphatic heterocycles. The molecule has 0 saturated carbocycles. The largest absolute Gasteiger partial charge is 0.378 e. The van der Waals surface area contributed by atoms with E-state index in [9.17, 15) is 4.79 Å². The topological polar surface area (TPSA) is 71.8 Å². The molecule has 0 spiro atoms. The third-order valence-corrected chi connectivity index (χ3v) is 4.94. The van der Waals surface area contributed by atoms with Crippen molar-refractivity contribution in [3.63, 3.8) is 0 Å². The molecule has 2 saturated heterocycles. The molecular formula is C17H23N5O2. The molecule has 7 heteroatoms. The van der Waals surface area contributed by atoms with Gasteiger partial charge in [-0.25, -0.2) is 9.50 Å². The van der Waals surface area contributed by atoms with Crippen LogP contribution in [-0.2, 0) is 4.74 Å². The Morgan fingerprint density at radius 1 is 1.25 bits per heavy atom. The molecule has 2 aliphatic rings.